The van der Waals surface area contributed by atoms with E-state index in [1.54, 1.807) is 0 Å². The van der Waals surface area contributed by atoms with Gasteiger partial charge in [0.15, 0.2) is 0 Å². The highest BCUT2D eigenvalue weighted by Crippen LogP contribution is 2.40. The fourth-order valence-corrected chi connectivity index (χ4v) is 5.58. The van der Waals surface area contributed by atoms with Crippen molar-refractivity contribution < 1.29 is 0 Å². The van der Waals surface area contributed by atoms with Gasteiger partial charge in [-0.15, -0.1) is 0 Å². The maximum Gasteiger partial charge on any atom is 0.0157 e. The van der Waals surface area contributed by atoms with Crippen molar-refractivity contribution in [1.29, 1.82) is 0 Å². The summed E-state index contributed by atoms with van der Waals surface area (Å²) in [5.41, 5.74) is 0. The van der Waals surface area contributed by atoms with Gasteiger partial charge in [-0.25, -0.2) is 0 Å². The van der Waals surface area contributed by atoms with Crippen LogP contribution in [0.5, 0.6) is 0 Å². The zero-order chi connectivity index (χ0) is 11.1. The summed E-state index contributed by atoms with van der Waals surface area (Å²) in [4.78, 5) is 0. The van der Waals surface area contributed by atoms with Crippen LogP contribution in [-0.2, 0) is 0 Å². The van der Waals surface area contributed by atoms with E-state index >= 15 is 0 Å². The average Bonchev–Trinajstić information content (AvgIpc) is 2.71. The van der Waals surface area contributed by atoms with Crippen LogP contribution in [0.1, 0.15) is 51.4 Å². The maximum absolute atomic E-state index is 2.36. The Bertz CT molecular complexity index is 199. The molecule has 0 N–H and O–H groups in total. The van der Waals surface area contributed by atoms with Crippen molar-refractivity contribution in [3.05, 3.63) is 24.3 Å². The summed E-state index contributed by atoms with van der Waals surface area (Å²) in [6.45, 7) is 0. The van der Waals surface area contributed by atoms with Gasteiger partial charge in [0, 0.05) is 10.5 Å². The van der Waals surface area contributed by atoms with Crippen molar-refractivity contribution in [2.45, 2.75) is 61.9 Å². The lowest BCUT2D eigenvalue weighted by atomic mass is 10.2. The molecule has 0 atom stereocenters. The molecule has 0 fully saturated rings. The molecule has 0 aromatic carbocycles. The second kappa shape index (κ2) is 7.50. The molecule has 16 heavy (non-hydrogen) atoms. The van der Waals surface area contributed by atoms with E-state index in [1.165, 1.54) is 51.4 Å². The third-order valence-electron chi connectivity index (χ3n) is 3.28. The van der Waals surface area contributed by atoms with Gasteiger partial charge in [0.2, 0.25) is 0 Å². The molecule has 0 radical (unpaired) electrons. The summed E-state index contributed by atoms with van der Waals surface area (Å²) < 4.78 is 0. The minimum Gasteiger partial charge on any atom is -0.0904 e. The number of rotatable bonds is 3. The normalized spacial score (nSPS) is 24.2. The van der Waals surface area contributed by atoms with Gasteiger partial charge in [0.1, 0.15) is 0 Å². The van der Waals surface area contributed by atoms with Crippen LogP contribution in [0.4, 0.5) is 0 Å². The molecule has 0 amide bonds. The van der Waals surface area contributed by atoms with Crippen LogP contribution in [0.15, 0.2) is 24.3 Å². The molecule has 0 saturated heterocycles. The molecule has 0 saturated carbocycles. The Balaban J connectivity index is 1.66. The smallest absolute Gasteiger partial charge is 0.0157 e. The van der Waals surface area contributed by atoms with Gasteiger partial charge in [-0.1, -0.05) is 45.9 Å². The highest BCUT2D eigenvalue weighted by atomic mass is 33.1. The Morgan fingerprint density at radius 2 is 0.875 bits per heavy atom. The molecule has 0 heterocycles. The lowest BCUT2D eigenvalue weighted by Crippen LogP contribution is -2.03. The second-order valence-corrected chi connectivity index (χ2v) is 7.56. The van der Waals surface area contributed by atoms with E-state index in [0.29, 0.717) is 0 Å². The fraction of sp³-hybridized carbons (Fsp3) is 0.714. The molecule has 0 spiro atoms. The molecule has 0 unspecified atom stereocenters. The topological polar surface area (TPSA) is 0 Å². The van der Waals surface area contributed by atoms with E-state index in [-0.39, 0.29) is 0 Å². The van der Waals surface area contributed by atoms with Crippen molar-refractivity contribution >= 4 is 21.6 Å². The largest absolute Gasteiger partial charge is 0.0904 e. The van der Waals surface area contributed by atoms with Gasteiger partial charge >= 0.3 is 0 Å². The van der Waals surface area contributed by atoms with Crippen LogP contribution in [0.25, 0.3) is 0 Å². The summed E-state index contributed by atoms with van der Waals surface area (Å²) in [5, 5.41) is 1.80. The molecule has 0 bridgehead atoms. The average molecular weight is 254 g/mol. The van der Waals surface area contributed by atoms with Gasteiger partial charge in [-0.05, 0) is 51.4 Å². The Morgan fingerprint density at radius 1 is 0.562 bits per heavy atom. The van der Waals surface area contributed by atoms with Crippen LogP contribution in [0, 0.1) is 0 Å². The van der Waals surface area contributed by atoms with Crippen LogP contribution in [-0.4, -0.2) is 10.5 Å². The summed E-state index contributed by atoms with van der Waals surface area (Å²) in [5.74, 6) is 0. The van der Waals surface area contributed by atoms with E-state index in [4.69, 9.17) is 0 Å². The van der Waals surface area contributed by atoms with Gasteiger partial charge in [-0.3, -0.25) is 0 Å². The fourth-order valence-electron chi connectivity index (χ4n) is 2.24. The first-order valence-corrected chi connectivity index (χ1v) is 8.85. The van der Waals surface area contributed by atoms with Gasteiger partial charge in [0.05, 0.1) is 0 Å². The van der Waals surface area contributed by atoms with Crippen molar-refractivity contribution in [3.63, 3.8) is 0 Å². The number of allylic oxidation sites excluding steroid dienone is 4. The lowest BCUT2D eigenvalue weighted by Gasteiger charge is -2.17. The first-order valence-electron chi connectivity index (χ1n) is 6.57. The third-order valence-corrected chi connectivity index (χ3v) is 6.85. The second-order valence-electron chi connectivity index (χ2n) is 4.69. The summed E-state index contributed by atoms with van der Waals surface area (Å²) in [7, 11) is 4.35. The minimum atomic E-state index is 0.899. The zero-order valence-electron chi connectivity index (χ0n) is 9.94. The summed E-state index contributed by atoms with van der Waals surface area (Å²) >= 11 is 0. The minimum absolute atomic E-state index is 0.899. The predicted molar refractivity (Wildman–Crippen MR) is 78.0 cm³/mol. The monoisotopic (exact) mass is 254 g/mol. The van der Waals surface area contributed by atoms with E-state index in [0.717, 1.165) is 10.5 Å². The van der Waals surface area contributed by atoms with Crippen molar-refractivity contribution in [1.82, 2.24) is 0 Å². The van der Waals surface area contributed by atoms with Gasteiger partial charge in [0.25, 0.3) is 0 Å². The molecule has 90 valence electrons. The SMILES string of the molecule is C1=CCCC(SSC2CCC=CCC2)CC1. The molecule has 2 rings (SSSR count). The van der Waals surface area contributed by atoms with Crippen LogP contribution < -0.4 is 0 Å². The van der Waals surface area contributed by atoms with E-state index in [2.05, 4.69) is 45.9 Å². The third kappa shape index (κ3) is 4.58. The van der Waals surface area contributed by atoms with Crippen molar-refractivity contribution in [2.75, 3.05) is 0 Å². The first-order chi connectivity index (χ1) is 7.95. The van der Waals surface area contributed by atoms with E-state index in [1.807, 2.05) is 0 Å². The van der Waals surface area contributed by atoms with E-state index in [9.17, 15) is 0 Å². The van der Waals surface area contributed by atoms with E-state index < -0.39 is 0 Å². The quantitative estimate of drug-likeness (QED) is 0.491. The number of hydrogen-bond donors (Lipinski definition) is 0. The molecule has 2 heteroatoms. The molecule has 0 nitrogen and oxygen atoms in total. The first kappa shape index (κ1) is 12.6. The Labute approximate surface area is 108 Å². The molecular formula is C14H22S2. The van der Waals surface area contributed by atoms with Gasteiger partial charge < -0.3 is 0 Å². The van der Waals surface area contributed by atoms with Crippen molar-refractivity contribution in [2.24, 2.45) is 0 Å². The molecule has 0 aliphatic heterocycles. The molecule has 2 aliphatic carbocycles. The number of hydrogen-bond acceptors (Lipinski definition) is 2. The Kier molecular flexibility index (Phi) is 5.92. The molecule has 2 aliphatic rings. The van der Waals surface area contributed by atoms with Crippen LogP contribution >= 0.6 is 21.6 Å². The predicted octanol–water partition coefficient (Wildman–Crippen LogP) is 5.37. The Hall–Kier alpha value is 0.180. The standard InChI is InChI=1S/C14H22S2/c1-2-6-10-13(9-5-1)15-16-14-11-7-3-4-8-12-14/h1-4,13-14H,5-12H2. The van der Waals surface area contributed by atoms with Crippen LogP contribution in [0.2, 0.25) is 0 Å². The molecular weight excluding hydrogens is 232 g/mol. The summed E-state index contributed by atoms with van der Waals surface area (Å²) in [6.07, 6.45) is 20.2. The van der Waals surface area contributed by atoms with Crippen molar-refractivity contribution in [3.8, 4) is 0 Å². The zero-order valence-corrected chi connectivity index (χ0v) is 11.6. The summed E-state index contributed by atoms with van der Waals surface area (Å²) in [6, 6.07) is 0. The molecule has 0 aromatic heterocycles. The lowest BCUT2D eigenvalue weighted by molar-refractivity contribution is 0.734. The maximum atomic E-state index is 2.36. The van der Waals surface area contributed by atoms with Gasteiger partial charge in [-0.2, -0.15) is 0 Å². The Morgan fingerprint density at radius 3 is 1.19 bits per heavy atom. The molecule has 0 aromatic rings. The van der Waals surface area contributed by atoms with Crippen LogP contribution in [0.3, 0.4) is 0 Å². The highest BCUT2D eigenvalue weighted by Gasteiger charge is 2.15. The highest BCUT2D eigenvalue weighted by molar-refractivity contribution is 8.77.